The first-order valence-corrected chi connectivity index (χ1v) is 9.79. The number of benzene rings is 2. The molecule has 1 atom stereocenters. The molecule has 1 unspecified atom stereocenters. The normalized spacial score (nSPS) is 12.0. The summed E-state index contributed by atoms with van der Waals surface area (Å²) in [5, 5.41) is 0.431. The standard InChI is InChI=1S/C19H22OS2/c20-13-11-19(22-16-18-9-5-2-6-10-18)12-14-21-15-17-7-3-1-4-8-17/h1-10,13,19H,11-12,14-16H2. The lowest BCUT2D eigenvalue weighted by Gasteiger charge is -2.13. The number of rotatable bonds is 10. The van der Waals surface area contributed by atoms with Gasteiger partial charge >= 0.3 is 0 Å². The summed E-state index contributed by atoms with van der Waals surface area (Å²) in [6.07, 6.45) is 2.81. The van der Waals surface area contributed by atoms with Gasteiger partial charge in [0.2, 0.25) is 0 Å². The van der Waals surface area contributed by atoms with Crippen LogP contribution in [0.3, 0.4) is 0 Å². The Morgan fingerprint density at radius 2 is 1.45 bits per heavy atom. The fourth-order valence-electron chi connectivity index (χ4n) is 2.14. The second kappa shape index (κ2) is 10.5. The van der Waals surface area contributed by atoms with Crippen LogP contribution in [0.25, 0.3) is 0 Å². The highest BCUT2D eigenvalue weighted by molar-refractivity contribution is 7.99. The summed E-state index contributed by atoms with van der Waals surface area (Å²) >= 11 is 3.85. The van der Waals surface area contributed by atoms with Crippen LogP contribution in [0.5, 0.6) is 0 Å². The quantitative estimate of drug-likeness (QED) is 0.440. The Morgan fingerprint density at radius 3 is 2.05 bits per heavy atom. The number of aldehydes is 1. The SMILES string of the molecule is O=CCC(CCSCc1ccccc1)SCc1ccccc1. The van der Waals surface area contributed by atoms with E-state index in [9.17, 15) is 4.79 Å². The fraction of sp³-hybridized carbons (Fsp3) is 0.316. The van der Waals surface area contributed by atoms with Crippen molar-refractivity contribution in [1.29, 1.82) is 0 Å². The molecule has 3 heteroatoms. The van der Waals surface area contributed by atoms with Crippen molar-refractivity contribution in [2.24, 2.45) is 0 Å². The lowest BCUT2D eigenvalue weighted by molar-refractivity contribution is -0.107. The Hall–Kier alpha value is -1.19. The van der Waals surface area contributed by atoms with Crippen LogP contribution in [0.15, 0.2) is 60.7 Å². The second-order valence-electron chi connectivity index (χ2n) is 5.15. The molecule has 2 rings (SSSR count). The van der Waals surface area contributed by atoms with Crippen molar-refractivity contribution in [2.75, 3.05) is 5.75 Å². The first kappa shape index (κ1) is 17.2. The molecule has 0 N–H and O–H groups in total. The summed E-state index contributed by atoms with van der Waals surface area (Å²) in [6, 6.07) is 21.0. The molecule has 0 aliphatic heterocycles. The lowest BCUT2D eigenvalue weighted by Crippen LogP contribution is -2.06. The van der Waals surface area contributed by atoms with E-state index in [1.165, 1.54) is 11.1 Å². The van der Waals surface area contributed by atoms with Gasteiger partial charge in [0.15, 0.2) is 0 Å². The molecule has 0 radical (unpaired) electrons. The smallest absolute Gasteiger partial charge is 0.121 e. The largest absolute Gasteiger partial charge is 0.303 e. The Morgan fingerprint density at radius 1 is 0.864 bits per heavy atom. The maximum Gasteiger partial charge on any atom is 0.121 e. The van der Waals surface area contributed by atoms with Crippen molar-refractivity contribution >= 4 is 29.8 Å². The van der Waals surface area contributed by atoms with Crippen LogP contribution in [0.1, 0.15) is 24.0 Å². The van der Waals surface area contributed by atoms with Gasteiger partial charge in [-0.05, 0) is 23.3 Å². The third-order valence-electron chi connectivity index (χ3n) is 3.38. The van der Waals surface area contributed by atoms with Crippen LogP contribution in [-0.2, 0) is 16.3 Å². The van der Waals surface area contributed by atoms with Gasteiger partial charge in [-0.25, -0.2) is 0 Å². The van der Waals surface area contributed by atoms with Gasteiger partial charge in [0.1, 0.15) is 6.29 Å². The maximum absolute atomic E-state index is 10.9. The molecule has 2 aromatic rings. The first-order chi connectivity index (χ1) is 10.9. The summed E-state index contributed by atoms with van der Waals surface area (Å²) in [6.45, 7) is 0. The highest BCUT2D eigenvalue weighted by Crippen LogP contribution is 2.24. The van der Waals surface area contributed by atoms with Gasteiger partial charge in [0.05, 0.1) is 0 Å². The van der Waals surface area contributed by atoms with E-state index < -0.39 is 0 Å². The Labute approximate surface area is 141 Å². The Kier molecular flexibility index (Phi) is 8.21. The second-order valence-corrected chi connectivity index (χ2v) is 7.54. The van der Waals surface area contributed by atoms with Gasteiger partial charge in [-0.3, -0.25) is 0 Å². The zero-order chi connectivity index (χ0) is 15.5. The molecule has 0 aromatic heterocycles. The molecule has 1 nitrogen and oxygen atoms in total. The molecule has 0 heterocycles. The third-order valence-corrected chi connectivity index (χ3v) is 5.84. The number of carbonyl (C=O) groups is 1. The van der Waals surface area contributed by atoms with Gasteiger partial charge in [-0.15, -0.1) is 0 Å². The molecule has 116 valence electrons. The molecular weight excluding hydrogens is 308 g/mol. The lowest BCUT2D eigenvalue weighted by atomic mass is 10.2. The first-order valence-electron chi connectivity index (χ1n) is 7.59. The van der Waals surface area contributed by atoms with Crippen LogP contribution >= 0.6 is 23.5 Å². The molecule has 0 saturated carbocycles. The van der Waals surface area contributed by atoms with Crippen molar-refractivity contribution in [1.82, 2.24) is 0 Å². The molecule has 22 heavy (non-hydrogen) atoms. The van der Waals surface area contributed by atoms with Crippen LogP contribution < -0.4 is 0 Å². The molecule has 0 amide bonds. The topological polar surface area (TPSA) is 17.1 Å². The molecule has 0 saturated heterocycles. The zero-order valence-electron chi connectivity index (χ0n) is 12.7. The van der Waals surface area contributed by atoms with E-state index in [4.69, 9.17) is 0 Å². The molecule has 2 aromatic carbocycles. The average Bonchev–Trinajstić information content (AvgIpc) is 2.58. The maximum atomic E-state index is 10.9. The van der Waals surface area contributed by atoms with E-state index in [1.807, 2.05) is 29.6 Å². The van der Waals surface area contributed by atoms with Crippen molar-refractivity contribution < 1.29 is 4.79 Å². The number of carbonyl (C=O) groups excluding carboxylic acids is 1. The van der Waals surface area contributed by atoms with E-state index in [0.717, 1.165) is 30.0 Å². The van der Waals surface area contributed by atoms with E-state index in [-0.39, 0.29) is 0 Å². The van der Waals surface area contributed by atoms with E-state index in [0.29, 0.717) is 11.7 Å². The Bertz CT molecular complexity index is 528. The van der Waals surface area contributed by atoms with Gasteiger partial charge in [-0.2, -0.15) is 23.5 Å². The zero-order valence-corrected chi connectivity index (χ0v) is 14.3. The van der Waals surface area contributed by atoms with Gasteiger partial charge < -0.3 is 4.79 Å². The molecule has 0 aliphatic rings. The number of thioether (sulfide) groups is 2. The summed E-state index contributed by atoms with van der Waals surface area (Å²) in [7, 11) is 0. The van der Waals surface area contributed by atoms with Crippen LogP contribution in [-0.4, -0.2) is 17.3 Å². The minimum absolute atomic E-state index is 0.431. The number of hydrogen-bond donors (Lipinski definition) is 0. The summed E-state index contributed by atoms with van der Waals surface area (Å²) in [5.74, 6) is 3.15. The molecular formula is C19H22OS2. The molecule has 0 spiro atoms. The summed E-state index contributed by atoms with van der Waals surface area (Å²) < 4.78 is 0. The van der Waals surface area contributed by atoms with Gasteiger partial charge in [0.25, 0.3) is 0 Å². The monoisotopic (exact) mass is 330 g/mol. The highest BCUT2D eigenvalue weighted by Gasteiger charge is 2.09. The van der Waals surface area contributed by atoms with E-state index >= 15 is 0 Å². The third kappa shape index (κ3) is 6.71. The predicted molar refractivity (Wildman–Crippen MR) is 99.4 cm³/mol. The summed E-state index contributed by atoms with van der Waals surface area (Å²) in [5.41, 5.74) is 2.71. The van der Waals surface area contributed by atoms with E-state index in [2.05, 4.69) is 54.6 Å². The van der Waals surface area contributed by atoms with Crippen molar-refractivity contribution in [3.8, 4) is 0 Å². The molecule has 0 fully saturated rings. The fourth-order valence-corrected chi connectivity index (χ4v) is 4.44. The summed E-state index contributed by atoms with van der Waals surface area (Å²) in [4.78, 5) is 10.9. The predicted octanol–water partition coefficient (Wildman–Crippen LogP) is 5.20. The minimum atomic E-state index is 0.431. The average molecular weight is 331 g/mol. The molecule has 0 bridgehead atoms. The minimum Gasteiger partial charge on any atom is -0.303 e. The van der Waals surface area contributed by atoms with Crippen molar-refractivity contribution in [3.63, 3.8) is 0 Å². The highest BCUT2D eigenvalue weighted by atomic mass is 32.2. The molecule has 0 aliphatic carbocycles. The van der Waals surface area contributed by atoms with Crippen molar-refractivity contribution in [3.05, 3.63) is 71.8 Å². The van der Waals surface area contributed by atoms with Crippen LogP contribution in [0.2, 0.25) is 0 Å². The Balaban J connectivity index is 1.68. The number of hydrogen-bond acceptors (Lipinski definition) is 3. The van der Waals surface area contributed by atoms with E-state index in [1.54, 1.807) is 0 Å². The van der Waals surface area contributed by atoms with Crippen molar-refractivity contribution in [2.45, 2.75) is 29.6 Å². The van der Waals surface area contributed by atoms with Crippen LogP contribution in [0, 0.1) is 0 Å². The van der Waals surface area contributed by atoms with Gasteiger partial charge in [0, 0.05) is 23.2 Å². The van der Waals surface area contributed by atoms with Gasteiger partial charge in [-0.1, -0.05) is 60.7 Å². The van der Waals surface area contributed by atoms with Crippen LogP contribution in [0.4, 0.5) is 0 Å².